The van der Waals surface area contributed by atoms with E-state index in [-0.39, 0.29) is 5.54 Å². The number of aromatic nitrogens is 4. The molecule has 94 valence electrons. The standard InChI is InChI=1S/C13H16N4O/c1-13(2)9-18-8-6-11-15-16-12(17(11)13)10-5-3-4-7-14-10/h3-5,7H,6,8-9H2,1-2H3. The minimum absolute atomic E-state index is 0.151. The third-order valence-electron chi connectivity index (χ3n) is 3.15. The van der Waals surface area contributed by atoms with Gasteiger partial charge < -0.3 is 9.30 Å². The lowest BCUT2D eigenvalue weighted by atomic mass is 10.1. The molecule has 0 aromatic carbocycles. The molecule has 0 fully saturated rings. The van der Waals surface area contributed by atoms with Gasteiger partial charge in [0.05, 0.1) is 18.8 Å². The highest BCUT2D eigenvalue weighted by atomic mass is 16.5. The van der Waals surface area contributed by atoms with E-state index in [0.717, 1.165) is 23.8 Å². The smallest absolute Gasteiger partial charge is 0.183 e. The number of fused-ring (bicyclic) bond motifs is 1. The Morgan fingerprint density at radius 2 is 2.17 bits per heavy atom. The van der Waals surface area contributed by atoms with E-state index >= 15 is 0 Å². The molecule has 0 saturated heterocycles. The second-order valence-electron chi connectivity index (χ2n) is 5.11. The fourth-order valence-corrected chi connectivity index (χ4v) is 2.33. The first-order valence-electron chi connectivity index (χ1n) is 6.12. The lowest BCUT2D eigenvalue weighted by Crippen LogP contribution is -2.32. The van der Waals surface area contributed by atoms with Crippen LogP contribution in [0.15, 0.2) is 24.4 Å². The summed E-state index contributed by atoms with van der Waals surface area (Å²) in [5.74, 6) is 1.79. The molecule has 5 nitrogen and oxygen atoms in total. The summed E-state index contributed by atoms with van der Waals surface area (Å²) in [6.07, 6.45) is 2.57. The largest absolute Gasteiger partial charge is 0.379 e. The Balaban J connectivity index is 2.16. The molecular formula is C13H16N4O. The minimum Gasteiger partial charge on any atom is -0.379 e. The number of hydrogen-bond donors (Lipinski definition) is 0. The van der Waals surface area contributed by atoms with Crippen molar-refractivity contribution >= 4 is 0 Å². The highest BCUT2D eigenvalue weighted by Crippen LogP contribution is 2.27. The second-order valence-corrected chi connectivity index (χ2v) is 5.11. The molecule has 0 bridgehead atoms. The monoisotopic (exact) mass is 244 g/mol. The first-order chi connectivity index (χ1) is 8.68. The van der Waals surface area contributed by atoms with Crippen molar-refractivity contribution in [2.75, 3.05) is 13.2 Å². The first kappa shape index (κ1) is 11.3. The quantitative estimate of drug-likeness (QED) is 0.765. The van der Waals surface area contributed by atoms with E-state index in [2.05, 4.69) is 33.6 Å². The average molecular weight is 244 g/mol. The number of pyridine rings is 1. The maximum Gasteiger partial charge on any atom is 0.183 e. The molecule has 0 spiro atoms. The summed E-state index contributed by atoms with van der Waals surface area (Å²) in [6, 6.07) is 5.82. The van der Waals surface area contributed by atoms with Gasteiger partial charge in [-0.2, -0.15) is 0 Å². The molecule has 0 saturated carbocycles. The summed E-state index contributed by atoms with van der Waals surface area (Å²) in [7, 11) is 0. The van der Waals surface area contributed by atoms with Crippen molar-refractivity contribution in [3.63, 3.8) is 0 Å². The zero-order valence-electron chi connectivity index (χ0n) is 10.6. The van der Waals surface area contributed by atoms with Crippen LogP contribution < -0.4 is 0 Å². The number of rotatable bonds is 1. The average Bonchev–Trinajstić information content (AvgIpc) is 2.74. The van der Waals surface area contributed by atoms with E-state index in [9.17, 15) is 0 Å². The molecule has 3 rings (SSSR count). The minimum atomic E-state index is -0.151. The molecule has 18 heavy (non-hydrogen) atoms. The van der Waals surface area contributed by atoms with Crippen LogP contribution >= 0.6 is 0 Å². The highest BCUT2D eigenvalue weighted by molar-refractivity contribution is 5.49. The number of nitrogens with zero attached hydrogens (tertiary/aromatic N) is 4. The molecule has 0 aliphatic carbocycles. The van der Waals surface area contributed by atoms with Crippen molar-refractivity contribution in [1.29, 1.82) is 0 Å². The summed E-state index contributed by atoms with van der Waals surface area (Å²) in [4.78, 5) is 4.36. The Morgan fingerprint density at radius 1 is 1.28 bits per heavy atom. The van der Waals surface area contributed by atoms with E-state index in [0.29, 0.717) is 13.2 Å². The highest BCUT2D eigenvalue weighted by Gasteiger charge is 2.30. The summed E-state index contributed by atoms with van der Waals surface area (Å²) in [5, 5.41) is 8.58. The first-order valence-corrected chi connectivity index (χ1v) is 6.12. The number of hydrogen-bond acceptors (Lipinski definition) is 4. The van der Waals surface area contributed by atoms with E-state index in [1.54, 1.807) is 6.20 Å². The maximum atomic E-state index is 5.63. The van der Waals surface area contributed by atoms with Crippen LogP contribution in [0, 0.1) is 0 Å². The predicted molar refractivity (Wildman–Crippen MR) is 67.1 cm³/mol. The van der Waals surface area contributed by atoms with E-state index < -0.39 is 0 Å². The molecule has 2 aromatic rings. The molecular weight excluding hydrogens is 228 g/mol. The van der Waals surface area contributed by atoms with E-state index in [1.807, 2.05) is 18.2 Å². The van der Waals surface area contributed by atoms with Gasteiger partial charge in [0.15, 0.2) is 5.82 Å². The van der Waals surface area contributed by atoms with Gasteiger partial charge in [-0.25, -0.2) is 0 Å². The van der Waals surface area contributed by atoms with Gasteiger partial charge in [-0.15, -0.1) is 10.2 Å². The molecule has 1 aliphatic heterocycles. The normalized spacial score (nSPS) is 18.1. The Bertz CT molecular complexity index is 547. The molecule has 3 heterocycles. The van der Waals surface area contributed by atoms with Gasteiger partial charge in [-0.1, -0.05) is 6.07 Å². The van der Waals surface area contributed by atoms with Crippen LogP contribution in [0.4, 0.5) is 0 Å². The van der Waals surface area contributed by atoms with Crippen molar-refractivity contribution in [3.05, 3.63) is 30.2 Å². The van der Waals surface area contributed by atoms with Crippen LogP contribution in [0.1, 0.15) is 19.7 Å². The van der Waals surface area contributed by atoms with Gasteiger partial charge in [0, 0.05) is 12.6 Å². The van der Waals surface area contributed by atoms with Crippen molar-refractivity contribution in [1.82, 2.24) is 19.7 Å². The van der Waals surface area contributed by atoms with Crippen molar-refractivity contribution in [3.8, 4) is 11.5 Å². The van der Waals surface area contributed by atoms with Gasteiger partial charge >= 0.3 is 0 Å². The molecule has 2 aromatic heterocycles. The van der Waals surface area contributed by atoms with Crippen LogP contribution in [-0.4, -0.2) is 33.0 Å². The van der Waals surface area contributed by atoms with Crippen molar-refractivity contribution in [2.24, 2.45) is 0 Å². The van der Waals surface area contributed by atoms with Gasteiger partial charge in [0.1, 0.15) is 11.5 Å². The van der Waals surface area contributed by atoms with Crippen molar-refractivity contribution in [2.45, 2.75) is 25.8 Å². The molecule has 0 amide bonds. The summed E-state index contributed by atoms with van der Waals surface area (Å²) >= 11 is 0. The lowest BCUT2D eigenvalue weighted by Gasteiger charge is -2.26. The van der Waals surface area contributed by atoms with Crippen LogP contribution in [-0.2, 0) is 16.7 Å². The van der Waals surface area contributed by atoms with Crippen LogP contribution in [0.2, 0.25) is 0 Å². The van der Waals surface area contributed by atoms with Crippen molar-refractivity contribution < 1.29 is 4.74 Å². The lowest BCUT2D eigenvalue weighted by molar-refractivity contribution is 0.0843. The molecule has 0 N–H and O–H groups in total. The van der Waals surface area contributed by atoms with Crippen LogP contribution in [0.5, 0.6) is 0 Å². The SMILES string of the molecule is CC1(C)COCCc2nnc(-c3ccccn3)n21. The fourth-order valence-electron chi connectivity index (χ4n) is 2.33. The third-order valence-corrected chi connectivity index (χ3v) is 3.15. The van der Waals surface area contributed by atoms with Crippen LogP contribution in [0.25, 0.3) is 11.5 Å². The van der Waals surface area contributed by atoms with Gasteiger partial charge in [-0.05, 0) is 26.0 Å². The Labute approximate surface area is 106 Å². The van der Waals surface area contributed by atoms with Gasteiger partial charge in [-0.3, -0.25) is 4.98 Å². The van der Waals surface area contributed by atoms with Crippen LogP contribution in [0.3, 0.4) is 0 Å². The fraction of sp³-hybridized carbons (Fsp3) is 0.462. The number of ether oxygens (including phenoxy) is 1. The van der Waals surface area contributed by atoms with Gasteiger partial charge in [0.2, 0.25) is 0 Å². The Hall–Kier alpha value is -1.75. The summed E-state index contributed by atoms with van der Waals surface area (Å²) in [5.41, 5.74) is 0.702. The topological polar surface area (TPSA) is 52.8 Å². The molecule has 0 radical (unpaired) electrons. The molecule has 1 aliphatic rings. The zero-order valence-corrected chi connectivity index (χ0v) is 10.6. The molecule has 0 atom stereocenters. The zero-order chi connectivity index (χ0) is 12.6. The molecule has 0 unspecified atom stereocenters. The summed E-state index contributed by atoms with van der Waals surface area (Å²) in [6.45, 7) is 5.64. The van der Waals surface area contributed by atoms with Gasteiger partial charge in [0.25, 0.3) is 0 Å². The second kappa shape index (κ2) is 4.17. The summed E-state index contributed by atoms with van der Waals surface area (Å²) < 4.78 is 7.79. The predicted octanol–water partition coefficient (Wildman–Crippen LogP) is 1.65. The Kier molecular flexibility index (Phi) is 2.63. The molecule has 5 heteroatoms. The maximum absolute atomic E-state index is 5.63. The Morgan fingerprint density at radius 3 is 2.94 bits per heavy atom. The van der Waals surface area contributed by atoms with E-state index in [1.165, 1.54) is 0 Å². The third kappa shape index (κ3) is 1.80. The van der Waals surface area contributed by atoms with E-state index in [4.69, 9.17) is 4.74 Å².